The van der Waals surface area contributed by atoms with Crippen molar-refractivity contribution >= 4 is 0 Å². The minimum Gasteiger partial charge on any atom is -0.316 e. The van der Waals surface area contributed by atoms with Crippen molar-refractivity contribution in [2.45, 2.75) is 66.1 Å². The van der Waals surface area contributed by atoms with Crippen LogP contribution in [0.2, 0.25) is 0 Å². The third kappa shape index (κ3) is 4.55. The second-order valence-electron chi connectivity index (χ2n) is 6.53. The van der Waals surface area contributed by atoms with Gasteiger partial charge in [0.15, 0.2) is 0 Å². The zero-order valence-corrected chi connectivity index (χ0v) is 14.2. The Morgan fingerprint density at radius 2 is 2.24 bits per heavy atom. The van der Waals surface area contributed by atoms with Crippen LogP contribution in [0, 0.1) is 5.92 Å². The van der Waals surface area contributed by atoms with Crippen LogP contribution >= 0.6 is 0 Å². The normalized spacial score (nSPS) is 19.6. The SMILES string of the molecule is CCc1cc(CN(CC2CCCNC2)C(C)C)n(CC)n1. The van der Waals surface area contributed by atoms with Crippen LogP contribution in [0.4, 0.5) is 0 Å². The molecule has 2 heterocycles. The molecule has 1 aromatic heterocycles. The first-order chi connectivity index (χ1) is 10.1. The van der Waals surface area contributed by atoms with E-state index in [0.29, 0.717) is 6.04 Å². The quantitative estimate of drug-likeness (QED) is 0.839. The highest BCUT2D eigenvalue weighted by Gasteiger charge is 2.20. The van der Waals surface area contributed by atoms with E-state index >= 15 is 0 Å². The molecule has 1 aliphatic heterocycles. The van der Waals surface area contributed by atoms with Crippen LogP contribution in [0.25, 0.3) is 0 Å². The molecule has 1 fully saturated rings. The van der Waals surface area contributed by atoms with Crippen molar-refractivity contribution < 1.29 is 0 Å². The first-order valence-electron chi connectivity index (χ1n) is 8.64. The average molecular weight is 292 g/mol. The van der Waals surface area contributed by atoms with Gasteiger partial charge in [0.05, 0.1) is 11.4 Å². The number of piperidine rings is 1. The molecule has 0 amide bonds. The second-order valence-corrected chi connectivity index (χ2v) is 6.53. The van der Waals surface area contributed by atoms with Gasteiger partial charge in [0.1, 0.15) is 0 Å². The highest BCUT2D eigenvalue weighted by Crippen LogP contribution is 2.17. The Morgan fingerprint density at radius 3 is 2.81 bits per heavy atom. The molecular weight excluding hydrogens is 260 g/mol. The Hall–Kier alpha value is -0.870. The number of nitrogens with zero attached hydrogens (tertiary/aromatic N) is 3. The van der Waals surface area contributed by atoms with Crippen LogP contribution in [0.5, 0.6) is 0 Å². The molecule has 1 saturated heterocycles. The lowest BCUT2D eigenvalue weighted by atomic mass is 9.98. The maximum absolute atomic E-state index is 4.68. The summed E-state index contributed by atoms with van der Waals surface area (Å²) in [5.74, 6) is 0.796. The zero-order valence-electron chi connectivity index (χ0n) is 14.2. The van der Waals surface area contributed by atoms with E-state index in [-0.39, 0.29) is 0 Å². The summed E-state index contributed by atoms with van der Waals surface area (Å²) in [6.07, 6.45) is 3.71. The van der Waals surface area contributed by atoms with E-state index in [1.54, 1.807) is 0 Å². The van der Waals surface area contributed by atoms with Crippen LogP contribution in [-0.2, 0) is 19.5 Å². The Kier molecular flexibility index (Phi) is 6.24. The van der Waals surface area contributed by atoms with Crippen molar-refractivity contribution in [1.29, 1.82) is 0 Å². The van der Waals surface area contributed by atoms with E-state index < -0.39 is 0 Å². The minimum atomic E-state index is 0.581. The summed E-state index contributed by atoms with van der Waals surface area (Å²) in [7, 11) is 0. The van der Waals surface area contributed by atoms with Gasteiger partial charge in [0.2, 0.25) is 0 Å². The highest BCUT2D eigenvalue weighted by atomic mass is 15.3. The smallest absolute Gasteiger partial charge is 0.0625 e. The number of aryl methyl sites for hydroxylation is 2. The highest BCUT2D eigenvalue weighted by molar-refractivity contribution is 5.10. The van der Waals surface area contributed by atoms with Gasteiger partial charge in [-0.1, -0.05) is 6.92 Å². The molecule has 2 rings (SSSR count). The standard InChI is InChI=1S/C17H32N4/c1-5-16-10-17(21(6-2)19-16)13-20(14(3)4)12-15-8-7-9-18-11-15/h10,14-15,18H,5-9,11-13H2,1-4H3. The Balaban J connectivity index is 2.03. The Bertz CT molecular complexity index is 418. The molecular formula is C17H32N4. The van der Waals surface area contributed by atoms with Crippen LogP contribution in [0.1, 0.15) is 51.9 Å². The minimum absolute atomic E-state index is 0.581. The lowest BCUT2D eigenvalue weighted by molar-refractivity contribution is 0.160. The van der Waals surface area contributed by atoms with Gasteiger partial charge in [-0.05, 0) is 65.1 Å². The number of rotatable bonds is 7. The van der Waals surface area contributed by atoms with Gasteiger partial charge in [-0.3, -0.25) is 9.58 Å². The summed E-state index contributed by atoms with van der Waals surface area (Å²) in [6, 6.07) is 2.87. The first kappa shape index (κ1) is 16.5. The van der Waals surface area contributed by atoms with Crippen LogP contribution in [-0.4, -0.2) is 40.4 Å². The lowest BCUT2D eigenvalue weighted by Crippen LogP contribution is -2.41. The molecule has 21 heavy (non-hydrogen) atoms. The van der Waals surface area contributed by atoms with Gasteiger partial charge in [-0.2, -0.15) is 5.10 Å². The van der Waals surface area contributed by atoms with Gasteiger partial charge in [-0.25, -0.2) is 0 Å². The molecule has 0 bridgehead atoms. The summed E-state index contributed by atoms with van der Waals surface area (Å²) in [4.78, 5) is 2.61. The van der Waals surface area contributed by atoms with Crippen molar-refractivity contribution in [2.24, 2.45) is 5.92 Å². The predicted molar refractivity (Wildman–Crippen MR) is 88.4 cm³/mol. The van der Waals surface area contributed by atoms with Crippen molar-refractivity contribution in [1.82, 2.24) is 20.0 Å². The molecule has 0 radical (unpaired) electrons. The van der Waals surface area contributed by atoms with E-state index in [4.69, 9.17) is 0 Å². The molecule has 1 aliphatic rings. The van der Waals surface area contributed by atoms with E-state index in [9.17, 15) is 0 Å². The maximum Gasteiger partial charge on any atom is 0.0625 e. The summed E-state index contributed by atoms with van der Waals surface area (Å²) in [5, 5.41) is 8.22. The zero-order chi connectivity index (χ0) is 15.2. The number of nitrogens with one attached hydrogen (secondary N) is 1. The fraction of sp³-hybridized carbons (Fsp3) is 0.824. The Labute approximate surface area is 129 Å². The van der Waals surface area contributed by atoms with Gasteiger partial charge in [0, 0.05) is 25.7 Å². The van der Waals surface area contributed by atoms with Crippen molar-refractivity contribution in [3.8, 4) is 0 Å². The topological polar surface area (TPSA) is 33.1 Å². The van der Waals surface area contributed by atoms with Crippen LogP contribution < -0.4 is 5.32 Å². The van der Waals surface area contributed by atoms with Crippen molar-refractivity contribution in [2.75, 3.05) is 19.6 Å². The van der Waals surface area contributed by atoms with E-state index in [1.165, 1.54) is 43.9 Å². The predicted octanol–water partition coefficient (Wildman–Crippen LogP) is 2.68. The van der Waals surface area contributed by atoms with Gasteiger partial charge < -0.3 is 5.32 Å². The third-order valence-corrected chi connectivity index (χ3v) is 4.56. The molecule has 0 aromatic carbocycles. The van der Waals surface area contributed by atoms with E-state index in [0.717, 1.165) is 25.4 Å². The van der Waals surface area contributed by atoms with Gasteiger partial charge >= 0.3 is 0 Å². The average Bonchev–Trinajstić information content (AvgIpc) is 2.89. The van der Waals surface area contributed by atoms with E-state index in [2.05, 4.69) is 53.8 Å². The lowest BCUT2D eigenvalue weighted by Gasteiger charge is -2.32. The van der Waals surface area contributed by atoms with Crippen LogP contribution in [0.15, 0.2) is 6.07 Å². The molecule has 4 nitrogen and oxygen atoms in total. The first-order valence-corrected chi connectivity index (χ1v) is 8.64. The Morgan fingerprint density at radius 1 is 1.43 bits per heavy atom. The van der Waals surface area contributed by atoms with Gasteiger partial charge in [-0.15, -0.1) is 0 Å². The molecule has 1 atom stereocenters. The van der Waals surface area contributed by atoms with E-state index in [1.807, 2.05) is 0 Å². The molecule has 1 aromatic rings. The molecule has 0 aliphatic carbocycles. The van der Waals surface area contributed by atoms with Gasteiger partial charge in [0.25, 0.3) is 0 Å². The third-order valence-electron chi connectivity index (χ3n) is 4.56. The summed E-state index contributed by atoms with van der Waals surface area (Å²) in [5.41, 5.74) is 2.58. The van der Waals surface area contributed by atoms with Crippen molar-refractivity contribution in [3.63, 3.8) is 0 Å². The molecule has 4 heteroatoms. The number of hydrogen-bond acceptors (Lipinski definition) is 3. The number of hydrogen-bond donors (Lipinski definition) is 1. The maximum atomic E-state index is 4.68. The molecule has 120 valence electrons. The summed E-state index contributed by atoms with van der Waals surface area (Å²) >= 11 is 0. The van der Waals surface area contributed by atoms with Crippen LogP contribution in [0.3, 0.4) is 0 Å². The summed E-state index contributed by atoms with van der Waals surface area (Å²) < 4.78 is 2.17. The molecule has 0 spiro atoms. The van der Waals surface area contributed by atoms with Crippen molar-refractivity contribution in [3.05, 3.63) is 17.5 Å². The molecule has 1 N–H and O–H groups in total. The monoisotopic (exact) mass is 292 g/mol. The fourth-order valence-corrected chi connectivity index (χ4v) is 3.17. The number of aromatic nitrogens is 2. The fourth-order valence-electron chi connectivity index (χ4n) is 3.17. The largest absolute Gasteiger partial charge is 0.316 e. The summed E-state index contributed by atoms with van der Waals surface area (Å²) in [6.45, 7) is 14.5. The molecule has 1 unspecified atom stereocenters. The molecule has 0 saturated carbocycles. The second kappa shape index (κ2) is 7.95.